The smallest absolute Gasteiger partial charge is 0.254 e. The van der Waals surface area contributed by atoms with Crippen LogP contribution < -0.4 is 10.6 Å². The van der Waals surface area contributed by atoms with Crippen LogP contribution in [0.2, 0.25) is 0 Å². The number of allylic oxidation sites excluding steroid dienone is 1. The van der Waals surface area contributed by atoms with Gasteiger partial charge in [-0.05, 0) is 88.4 Å². The van der Waals surface area contributed by atoms with Gasteiger partial charge in [0.1, 0.15) is 12.3 Å². The third kappa shape index (κ3) is 9.25. The average Bonchev–Trinajstić information content (AvgIpc) is 3.68. The Bertz CT molecular complexity index is 1560. The lowest BCUT2D eigenvalue weighted by Gasteiger charge is -2.23. The van der Waals surface area contributed by atoms with Gasteiger partial charge in [-0.2, -0.15) is 0 Å². The number of likely N-dealkylation sites (tertiary alicyclic amines) is 1. The molecule has 1 aliphatic heterocycles. The molecule has 2 amide bonds. The number of aromatic nitrogens is 1. The molecule has 1 atom stereocenters. The number of aryl methyl sites for hydroxylation is 3. The molecule has 230 valence electrons. The van der Waals surface area contributed by atoms with Crippen LogP contribution in [0.3, 0.4) is 0 Å². The van der Waals surface area contributed by atoms with Crippen LogP contribution in [-0.2, 0) is 6.54 Å². The molecule has 7 nitrogen and oxygen atoms in total. The van der Waals surface area contributed by atoms with E-state index in [2.05, 4.69) is 59.5 Å². The summed E-state index contributed by atoms with van der Waals surface area (Å²) in [5.41, 5.74) is 7.41. The van der Waals surface area contributed by atoms with E-state index in [9.17, 15) is 9.59 Å². The second kappa shape index (κ2) is 15.8. The monoisotopic (exact) mass is 592 g/mol. The molecule has 0 radical (unpaired) electrons. The standard InChI is InChI=1S/C30H36N4O3.C7H8/c1-20(2)24-9-5-8-23(16-24)18-31-11-7-12-32-28(35)25-14-21(3)15-26(17-25)30(36)34-13-6-10-27(34)29-33-22(4)19-37-29;1-7-5-3-2-4-6-7/h5,8-9,14-17,19,27,31H,1,6-7,10-13,18H2,2-4H3,(H,32,35);2-6H,1H3. The molecule has 1 saturated heterocycles. The van der Waals surface area contributed by atoms with E-state index in [0.717, 1.165) is 54.7 Å². The third-order valence-corrected chi connectivity index (χ3v) is 7.53. The van der Waals surface area contributed by atoms with Gasteiger partial charge in [0.25, 0.3) is 11.8 Å². The van der Waals surface area contributed by atoms with E-state index in [0.29, 0.717) is 30.1 Å². The van der Waals surface area contributed by atoms with E-state index < -0.39 is 0 Å². The van der Waals surface area contributed by atoms with E-state index in [4.69, 9.17) is 4.42 Å². The topological polar surface area (TPSA) is 87.5 Å². The van der Waals surface area contributed by atoms with Crippen molar-refractivity contribution in [3.63, 3.8) is 0 Å². The molecule has 3 aromatic carbocycles. The first kappa shape index (κ1) is 32.4. The molecule has 44 heavy (non-hydrogen) atoms. The lowest BCUT2D eigenvalue weighted by atomic mass is 10.0. The third-order valence-electron chi connectivity index (χ3n) is 7.53. The number of oxazole rings is 1. The van der Waals surface area contributed by atoms with Gasteiger partial charge in [0.2, 0.25) is 5.89 Å². The minimum Gasteiger partial charge on any atom is -0.446 e. The van der Waals surface area contributed by atoms with Gasteiger partial charge in [-0.1, -0.05) is 72.3 Å². The van der Waals surface area contributed by atoms with Gasteiger partial charge < -0.3 is 20.0 Å². The van der Waals surface area contributed by atoms with Crippen LogP contribution in [-0.4, -0.2) is 41.3 Å². The number of carbonyl (C=O) groups is 2. The lowest BCUT2D eigenvalue weighted by Crippen LogP contribution is -2.31. The van der Waals surface area contributed by atoms with Crippen LogP contribution in [0.1, 0.15) is 86.8 Å². The SMILES string of the molecule is C=C(C)c1cccc(CNCCCNC(=O)c2cc(C)cc(C(=O)N3CCCC3c3nc(C)co3)c2)c1.Cc1ccccc1. The lowest BCUT2D eigenvalue weighted by molar-refractivity contribution is 0.0715. The highest BCUT2D eigenvalue weighted by Crippen LogP contribution is 2.33. The molecular weight excluding hydrogens is 548 g/mol. The summed E-state index contributed by atoms with van der Waals surface area (Å²) in [6, 6.07) is 23.8. The largest absolute Gasteiger partial charge is 0.446 e. The number of carbonyl (C=O) groups excluding carboxylic acids is 2. The summed E-state index contributed by atoms with van der Waals surface area (Å²) < 4.78 is 5.58. The summed E-state index contributed by atoms with van der Waals surface area (Å²) in [6.07, 6.45) is 4.12. The molecule has 0 bridgehead atoms. The van der Waals surface area contributed by atoms with Crippen LogP contribution in [0.4, 0.5) is 0 Å². The van der Waals surface area contributed by atoms with Gasteiger partial charge in [-0.15, -0.1) is 0 Å². The Balaban J connectivity index is 0.000000555. The fourth-order valence-electron chi connectivity index (χ4n) is 5.23. The van der Waals surface area contributed by atoms with Crippen LogP contribution in [0.5, 0.6) is 0 Å². The highest BCUT2D eigenvalue weighted by Gasteiger charge is 2.34. The molecule has 0 aliphatic carbocycles. The number of nitrogens with one attached hydrogen (secondary N) is 2. The fraction of sp³-hybridized carbons (Fsp3) is 0.324. The van der Waals surface area contributed by atoms with E-state index in [1.807, 2.05) is 57.2 Å². The zero-order valence-corrected chi connectivity index (χ0v) is 26.4. The number of nitrogens with zero attached hydrogens (tertiary/aromatic N) is 2. The molecule has 0 spiro atoms. The predicted octanol–water partition coefficient (Wildman–Crippen LogP) is 7.21. The van der Waals surface area contributed by atoms with Gasteiger partial charge in [-0.3, -0.25) is 9.59 Å². The molecule has 2 N–H and O–H groups in total. The zero-order chi connectivity index (χ0) is 31.5. The Kier molecular flexibility index (Phi) is 11.7. The predicted molar refractivity (Wildman–Crippen MR) is 176 cm³/mol. The first-order chi connectivity index (χ1) is 21.2. The van der Waals surface area contributed by atoms with Crippen LogP contribution in [0, 0.1) is 20.8 Å². The number of benzene rings is 3. The Morgan fingerprint density at radius 2 is 1.70 bits per heavy atom. The number of rotatable bonds is 10. The maximum absolute atomic E-state index is 13.4. The molecule has 2 heterocycles. The number of hydrogen-bond donors (Lipinski definition) is 2. The molecular formula is C37H44N4O3. The van der Waals surface area contributed by atoms with Crippen molar-refractivity contribution in [3.8, 4) is 0 Å². The average molecular weight is 593 g/mol. The second-order valence-corrected chi connectivity index (χ2v) is 11.5. The zero-order valence-electron chi connectivity index (χ0n) is 26.4. The quantitative estimate of drug-likeness (QED) is 0.190. The van der Waals surface area contributed by atoms with E-state index in [-0.39, 0.29) is 17.9 Å². The highest BCUT2D eigenvalue weighted by molar-refractivity contribution is 6.00. The Morgan fingerprint density at radius 3 is 2.39 bits per heavy atom. The van der Waals surface area contributed by atoms with Crippen molar-refractivity contribution in [1.29, 1.82) is 0 Å². The maximum atomic E-state index is 13.4. The van der Waals surface area contributed by atoms with Crippen molar-refractivity contribution < 1.29 is 14.0 Å². The van der Waals surface area contributed by atoms with Gasteiger partial charge in [0.15, 0.2) is 0 Å². The Labute approximate surface area is 261 Å². The minimum absolute atomic E-state index is 0.101. The van der Waals surface area contributed by atoms with Crippen molar-refractivity contribution >= 4 is 17.4 Å². The summed E-state index contributed by atoms with van der Waals surface area (Å²) in [7, 11) is 0. The highest BCUT2D eigenvalue weighted by atomic mass is 16.3. The summed E-state index contributed by atoms with van der Waals surface area (Å²) in [4.78, 5) is 32.5. The van der Waals surface area contributed by atoms with E-state index in [1.54, 1.807) is 17.2 Å². The first-order valence-electron chi connectivity index (χ1n) is 15.3. The molecule has 1 aromatic heterocycles. The fourth-order valence-corrected chi connectivity index (χ4v) is 5.23. The van der Waals surface area contributed by atoms with Crippen molar-refractivity contribution in [2.24, 2.45) is 0 Å². The van der Waals surface area contributed by atoms with Crippen LogP contribution in [0.15, 0.2) is 90.1 Å². The van der Waals surface area contributed by atoms with Gasteiger partial charge in [0, 0.05) is 30.8 Å². The van der Waals surface area contributed by atoms with Crippen molar-refractivity contribution in [2.45, 2.75) is 59.5 Å². The molecule has 1 unspecified atom stereocenters. The second-order valence-electron chi connectivity index (χ2n) is 11.5. The van der Waals surface area contributed by atoms with E-state index in [1.165, 1.54) is 11.1 Å². The molecule has 1 aliphatic rings. The number of amides is 2. The molecule has 4 aromatic rings. The summed E-state index contributed by atoms with van der Waals surface area (Å²) >= 11 is 0. The Hall–Kier alpha value is -4.49. The van der Waals surface area contributed by atoms with Gasteiger partial charge in [-0.25, -0.2) is 4.98 Å². The number of hydrogen-bond acceptors (Lipinski definition) is 5. The summed E-state index contributed by atoms with van der Waals surface area (Å²) in [6.45, 7) is 14.6. The van der Waals surface area contributed by atoms with Gasteiger partial charge >= 0.3 is 0 Å². The van der Waals surface area contributed by atoms with E-state index >= 15 is 0 Å². The Morgan fingerprint density at radius 1 is 0.932 bits per heavy atom. The van der Waals surface area contributed by atoms with Gasteiger partial charge in [0.05, 0.1) is 5.69 Å². The molecule has 0 saturated carbocycles. The van der Waals surface area contributed by atoms with Crippen molar-refractivity contribution in [3.05, 3.63) is 131 Å². The first-order valence-corrected chi connectivity index (χ1v) is 15.3. The maximum Gasteiger partial charge on any atom is 0.254 e. The summed E-state index contributed by atoms with van der Waals surface area (Å²) in [5, 5.41) is 6.40. The van der Waals surface area contributed by atoms with Crippen molar-refractivity contribution in [1.82, 2.24) is 20.5 Å². The molecule has 1 fully saturated rings. The van der Waals surface area contributed by atoms with Crippen LogP contribution in [0.25, 0.3) is 5.57 Å². The van der Waals surface area contributed by atoms with Crippen molar-refractivity contribution in [2.75, 3.05) is 19.6 Å². The minimum atomic E-state index is -0.173. The molecule has 7 heteroatoms. The van der Waals surface area contributed by atoms with Crippen LogP contribution >= 0.6 is 0 Å². The normalized spacial score (nSPS) is 14.1. The summed E-state index contributed by atoms with van der Waals surface area (Å²) in [5.74, 6) is 0.301. The molecule has 5 rings (SSSR count).